The van der Waals surface area contributed by atoms with E-state index in [2.05, 4.69) is 20.8 Å². The molecule has 0 aliphatic rings. The topological polar surface area (TPSA) is 26.3 Å². The number of hydrogen-bond donors (Lipinski definition) is 0. The van der Waals surface area contributed by atoms with Crippen LogP contribution in [-0.2, 0) is 12.8 Å². The van der Waals surface area contributed by atoms with Crippen molar-refractivity contribution in [1.29, 1.82) is 0 Å². The molecule has 116 valence electrons. The summed E-state index contributed by atoms with van der Waals surface area (Å²) in [6.07, 6.45) is 1.79. The van der Waals surface area contributed by atoms with Crippen LogP contribution in [0, 0.1) is 6.92 Å². The van der Waals surface area contributed by atoms with Crippen LogP contribution in [0.15, 0.2) is 36.4 Å². The molecule has 0 atom stereocenters. The van der Waals surface area contributed by atoms with Crippen molar-refractivity contribution in [3.05, 3.63) is 64.2 Å². The van der Waals surface area contributed by atoms with Crippen LogP contribution in [0.1, 0.15) is 53.4 Å². The van der Waals surface area contributed by atoms with Crippen LogP contribution in [0.3, 0.4) is 0 Å². The fourth-order valence-corrected chi connectivity index (χ4v) is 2.65. The number of aryl methyl sites for hydroxylation is 3. The summed E-state index contributed by atoms with van der Waals surface area (Å²) < 4.78 is 5.61. The first-order valence-corrected chi connectivity index (χ1v) is 8.00. The van der Waals surface area contributed by atoms with Crippen LogP contribution in [-0.4, -0.2) is 12.4 Å². The van der Waals surface area contributed by atoms with Crippen LogP contribution < -0.4 is 4.74 Å². The van der Waals surface area contributed by atoms with Gasteiger partial charge in [-0.2, -0.15) is 0 Å². The summed E-state index contributed by atoms with van der Waals surface area (Å²) >= 11 is 0. The molecule has 0 unspecified atom stereocenters. The average Bonchev–Trinajstić information content (AvgIpc) is 2.55. The third-order valence-corrected chi connectivity index (χ3v) is 4.00. The standard InChI is InChI=1S/C20H24O2/c1-5-15-12-17(9-8-14(15)4)20(21)18-10-11-19(22-7-3)16(6-2)13-18/h8-13H,5-7H2,1-4H3. The number of ketones is 1. The zero-order chi connectivity index (χ0) is 16.1. The van der Waals surface area contributed by atoms with Gasteiger partial charge < -0.3 is 4.74 Å². The molecule has 0 aromatic heterocycles. The first-order valence-electron chi connectivity index (χ1n) is 8.00. The predicted molar refractivity (Wildman–Crippen MR) is 91.0 cm³/mol. The molecule has 0 heterocycles. The Labute approximate surface area is 133 Å². The smallest absolute Gasteiger partial charge is 0.193 e. The molecule has 22 heavy (non-hydrogen) atoms. The van der Waals surface area contributed by atoms with E-state index in [-0.39, 0.29) is 5.78 Å². The van der Waals surface area contributed by atoms with E-state index in [0.29, 0.717) is 6.61 Å². The summed E-state index contributed by atoms with van der Waals surface area (Å²) in [5.41, 5.74) is 5.03. The Morgan fingerprint density at radius 2 is 1.50 bits per heavy atom. The van der Waals surface area contributed by atoms with Crippen LogP contribution in [0.5, 0.6) is 5.75 Å². The minimum Gasteiger partial charge on any atom is -0.494 e. The molecule has 0 aliphatic heterocycles. The molecule has 0 saturated carbocycles. The van der Waals surface area contributed by atoms with Crippen molar-refractivity contribution in [2.24, 2.45) is 0 Å². The van der Waals surface area contributed by atoms with E-state index in [1.165, 1.54) is 11.1 Å². The monoisotopic (exact) mass is 296 g/mol. The van der Waals surface area contributed by atoms with Gasteiger partial charge in [-0.25, -0.2) is 0 Å². The Kier molecular flexibility index (Phi) is 5.37. The quantitative estimate of drug-likeness (QED) is 0.719. The maximum atomic E-state index is 12.7. The van der Waals surface area contributed by atoms with E-state index in [0.717, 1.165) is 35.3 Å². The fraction of sp³-hybridized carbons (Fsp3) is 0.350. The van der Waals surface area contributed by atoms with Crippen molar-refractivity contribution >= 4 is 5.78 Å². The van der Waals surface area contributed by atoms with Gasteiger partial charge in [-0.05, 0) is 67.6 Å². The lowest BCUT2D eigenvalue weighted by molar-refractivity contribution is 0.103. The molecule has 0 bridgehead atoms. The van der Waals surface area contributed by atoms with Crippen molar-refractivity contribution in [1.82, 2.24) is 0 Å². The summed E-state index contributed by atoms with van der Waals surface area (Å²) in [5, 5.41) is 0. The number of hydrogen-bond acceptors (Lipinski definition) is 2. The normalized spacial score (nSPS) is 10.5. The van der Waals surface area contributed by atoms with Gasteiger partial charge in [0.05, 0.1) is 6.61 Å². The first kappa shape index (κ1) is 16.3. The largest absolute Gasteiger partial charge is 0.494 e. The Bertz CT molecular complexity index is 671. The second-order valence-electron chi connectivity index (χ2n) is 5.43. The third kappa shape index (κ3) is 3.38. The molecule has 2 nitrogen and oxygen atoms in total. The number of ether oxygens (including phenoxy) is 1. The van der Waals surface area contributed by atoms with Crippen LogP contribution in [0.4, 0.5) is 0 Å². The van der Waals surface area contributed by atoms with Gasteiger partial charge in [-0.3, -0.25) is 4.79 Å². The SMILES string of the molecule is CCOc1ccc(C(=O)c2ccc(C)c(CC)c2)cc1CC. The number of carbonyl (C=O) groups excluding carboxylic acids is 1. The molecule has 2 aromatic rings. The van der Waals surface area contributed by atoms with E-state index in [1.54, 1.807) is 0 Å². The van der Waals surface area contributed by atoms with Gasteiger partial charge in [0.15, 0.2) is 5.78 Å². The van der Waals surface area contributed by atoms with Gasteiger partial charge >= 0.3 is 0 Å². The van der Waals surface area contributed by atoms with Crippen molar-refractivity contribution in [3.63, 3.8) is 0 Å². The lowest BCUT2D eigenvalue weighted by Crippen LogP contribution is -2.05. The lowest BCUT2D eigenvalue weighted by Gasteiger charge is -2.11. The maximum absolute atomic E-state index is 12.7. The van der Waals surface area contributed by atoms with Gasteiger partial charge in [-0.1, -0.05) is 26.0 Å². The van der Waals surface area contributed by atoms with Crippen LogP contribution >= 0.6 is 0 Å². The van der Waals surface area contributed by atoms with E-state index in [9.17, 15) is 4.79 Å². The molecule has 0 radical (unpaired) electrons. The van der Waals surface area contributed by atoms with E-state index < -0.39 is 0 Å². The highest BCUT2D eigenvalue weighted by Gasteiger charge is 2.13. The summed E-state index contributed by atoms with van der Waals surface area (Å²) in [6, 6.07) is 11.7. The van der Waals surface area contributed by atoms with E-state index in [1.807, 2.05) is 43.3 Å². The highest BCUT2D eigenvalue weighted by molar-refractivity contribution is 6.09. The maximum Gasteiger partial charge on any atom is 0.193 e. The van der Waals surface area contributed by atoms with Crippen molar-refractivity contribution in [2.45, 2.75) is 40.5 Å². The minimum atomic E-state index is 0.0763. The number of benzene rings is 2. The van der Waals surface area contributed by atoms with Crippen molar-refractivity contribution < 1.29 is 9.53 Å². The molecule has 0 spiro atoms. The molecule has 0 N–H and O–H groups in total. The predicted octanol–water partition coefficient (Wildman–Crippen LogP) is 4.75. The van der Waals surface area contributed by atoms with E-state index in [4.69, 9.17) is 4.74 Å². The number of carbonyl (C=O) groups is 1. The Balaban J connectivity index is 2.37. The van der Waals surface area contributed by atoms with Crippen molar-refractivity contribution in [3.8, 4) is 5.75 Å². The first-order chi connectivity index (χ1) is 10.6. The van der Waals surface area contributed by atoms with Crippen LogP contribution in [0.2, 0.25) is 0 Å². The molecule has 2 heteroatoms. The fourth-order valence-electron chi connectivity index (χ4n) is 2.65. The summed E-state index contributed by atoms with van der Waals surface area (Å²) in [6.45, 7) is 8.88. The van der Waals surface area contributed by atoms with Gasteiger partial charge in [-0.15, -0.1) is 0 Å². The van der Waals surface area contributed by atoms with Gasteiger partial charge in [0.25, 0.3) is 0 Å². The summed E-state index contributed by atoms with van der Waals surface area (Å²) in [7, 11) is 0. The van der Waals surface area contributed by atoms with Crippen molar-refractivity contribution in [2.75, 3.05) is 6.61 Å². The molecular formula is C20H24O2. The Hall–Kier alpha value is -2.09. The second-order valence-corrected chi connectivity index (χ2v) is 5.43. The zero-order valence-electron chi connectivity index (χ0n) is 13.9. The zero-order valence-corrected chi connectivity index (χ0v) is 13.9. The minimum absolute atomic E-state index is 0.0763. The third-order valence-electron chi connectivity index (χ3n) is 4.00. The molecular weight excluding hydrogens is 272 g/mol. The second kappa shape index (κ2) is 7.26. The van der Waals surface area contributed by atoms with Crippen LogP contribution in [0.25, 0.3) is 0 Å². The Morgan fingerprint density at radius 3 is 2.09 bits per heavy atom. The molecule has 0 fully saturated rings. The van der Waals surface area contributed by atoms with E-state index >= 15 is 0 Å². The summed E-state index contributed by atoms with van der Waals surface area (Å²) in [5.74, 6) is 0.951. The average molecular weight is 296 g/mol. The van der Waals surface area contributed by atoms with Gasteiger partial charge in [0, 0.05) is 11.1 Å². The molecule has 2 rings (SSSR count). The molecule has 0 aliphatic carbocycles. The molecule has 0 amide bonds. The molecule has 2 aromatic carbocycles. The summed E-state index contributed by atoms with van der Waals surface area (Å²) in [4.78, 5) is 12.7. The molecule has 0 saturated heterocycles. The van der Waals surface area contributed by atoms with Gasteiger partial charge in [0.1, 0.15) is 5.75 Å². The Morgan fingerprint density at radius 1 is 0.909 bits per heavy atom. The van der Waals surface area contributed by atoms with Gasteiger partial charge in [0.2, 0.25) is 0 Å². The highest BCUT2D eigenvalue weighted by atomic mass is 16.5. The highest BCUT2D eigenvalue weighted by Crippen LogP contribution is 2.23. The lowest BCUT2D eigenvalue weighted by atomic mass is 9.96. The number of rotatable bonds is 6.